The van der Waals surface area contributed by atoms with Crippen LogP contribution in [0.5, 0.6) is 0 Å². The fourth-order valence-electron chi connectivity index (χ4n) is 1.47. The molecule has 0 aromatic carbocycles. The van der Waals surface area contributed by atoms with Crippen molar-refractivity contribution in [3.63, 3.8) is 0 Å². The molecule has 0 aliphatic heterocycles. The number of hydrogen-bond acceptors (Lipinski definition) is 4. The van der Waals surface area contributed by atoms with Crippen molar-refractivity contribution in [2.75, 3.05) is 20.3 Å². The Balaban J connectivity index is 2.27. The third kappa shape index (κ3) is 4.72. The third-order valence-corrected chi connectivity index (χ3v) is 2.22. The van der Waals surface area contributed by atoms with Crippen molar-refractivity contribution >= 4 is 0 Å². The first-order valence-electron chi connectivity index (χ1n) is 5.80. The Morgan fingerprint density at radius 1 is 1.50 bits per heavy atom. The van der Waals surface area contributed by atoms with E-state index in [1.165, 1.54) is 0 Å². The molecule has 0 bridgehead atoms. The average Bonchev–Trinajstić information content (AvgIpc) is 2.64. The van der Waals surface area contributed by atoms with Gasteiger partial charge in [0.05, 0.1) is 6.54 Å². The number of hydrogen-bond donors (Lipinski definition) is 1. The summed E-state index contributed by atoms with van der Waals surface area (Å²) >= 11 is 0. The van der Waals surface area contributed by atoms with Gasteiger partial charge in [0.25, 0.3) is 0 Å². The molecule has 92 valence electrons. The minimum atomic E-state index is 0.592. The first kappa shape index (κ1) is 13.1. The predicted molar refractivity (Wildman–Crippen MR) is 63.1 cm³/mol. The molecule has 0 aliphatic carbocycles. The molecule has 0 atom stereocenters. The second-order valence-corrected chi connectivity index (χ2v) is 4.28. The minimum Gasteiger partial charge on any atom is -0.385 e. The zero-order valence-corrected chi connectivity index (χ0v) is 10.4. The van der Waals surface area contributed by atoms with E-state index >= 15 is 0 Å². The summed E-state index contributed by atoms with van der Waals surface area (Å²) in [5.41, 5.74) is 0. The van der Waals surface area contributed by atoms with Gasteiger partial charge in [-0.3, -0.25) is 0 Å². The second-order valence-electron chi connectivity index (χ2n) is 4.28. The van der Waals surface area contributed by atoms with Gasteiger partial charge in [-0.25, -0.2) is 9.67 Å². The van der Waals surface area contributed by atoms with Crippen LogP contribution < -0.4 is 5.32 Å². The van der Waals surface area contributed by atoms with E-state index in [2.05, 4.69) is 29.2 Å². The van der Waals surface area contributed by atoms with Crippen LogP contribution in [0.25, 0.3) is 0 Å². The minimum absolute atomic E-state index is 0.592. The molecule has 0 saturated heterocycles. The Morgan fingerprint density at radius 2 is 2.31 bits per heavy atom. The summed E-state index contributed by atoms with van der Waals surface area (Å²) in [7, 11) is 1.72. The average molecular weight is 226 g/mol. The highest BCUT2D eigenvalue weighted by molar-refractivity contribution is 4.83. The molecule has 0 aliphatic rings. The van der Waals surface area contributed by atoms with E-state index < -0.39 is 0 Å². The molecule has 5 heteroatoms. The Labute approximate surface area is 97.2 Å². The largest absolute Gasteiger partial charge is 0.385 e. The summed E-state index contributed by atoms with van der Waals surface area (Å²) in [6.45, 7) is 7.80. The van der Waals surface area contributed by atoms with E-state index in [1.54, 1.807) is 13.4 Å². The normalized spacial score (nSPS) is 11.2. The van der Waals surface area contributed by atoms with Crippen molar-refractivity contribution in [3.8, 4) is 0 Å². The van der Waals surface area contributed by atoms with Crippen LogP contribution in [0.4, 0.5) is 0 Å². The molecular weight excluding hydrogens is 204 g/mol. The maximum absolute atomic E-state index is 4.98. The fourth-order valence-corrected chi connectivity index (χ4v) is 1.47. The molecule has 1 aromatic rings. The number of nitrogens with zero attached hydrogens (tertiary/aromatic N) is 3. The Hall–Kier alpha value is -0.940. The van der Waals surface area contributed by atoms with Gasteiger partial charge in [-0.05, 0) is 18.9 Å². The lowest BCUT2D eigenvalue weighted by Gasteiger charge is -2.09. The van der Waals surface area contributed by atoms with Crippen molar-refractivity contribution in [2.45, 2.75) is 33.4 Å². The summed E-state index contributed by atoms with van der Waals surface area (Å²) in [5.74, 6) is 1.60. The van der Waals surface area contributed by atoms with Gasteiger partial charge >= 0.3 is 0 Å². The summed E-state index contributed by atoms with van der Waals surface area (Å²) < 4.78 is 6.95. The summed E-state index contributed by atoms with van der Waals surface area (Å²) in [6.07, 6.45) is 2.64. The molecule has 0 amide bonds. The van der Waals surface area contributed by atoms with Crippen LogP contribution in [0.15, 0.2) is 6.33 Å². The van der Waals surface area contributed by atoms with Gasteiger partial charge in [-0.15, -0.1) is 0 Å². The number of ether oxygens (including phenoxy) is 1. The van der Waals surface area contributed by atoms with Gasteiger partial charge in [0.15, 0.2) is 0 Å². The van der Waals surface area contributed by atoms with E-state index in [4.69, 9.17) is 4.74 Å². The molecule has 0 unspecified atom stereocenters. The van der Waals surface area contributed by atoms with Gasteiger partial charge in [0.2, 0.25) is 0 Å². The predicted octanol–water partition coefficient (Wildman–Crippen LogP) is 1.06. The van der Waals surface area contributed by atoms with E-state index in [0.29, 0.717) is 5.92 Å². The lowest BCUT2D eigenvalue weighted by Crippen LogP contribution is -2.20. The van der Waals surface area contributed by atoms with Crippen molar-refractivity contribution in [1.82, 2.24) is 20.1 Å². The van der Waals surface area contributed by atoms with Crippen molar-refractivity contribution in [2.24, 2.45) is 5.92 Å². The van der Waals surface area contributed by atoms with Crippen molar-refractivity contribution in [1.29, 1.82) is 0 Å². The SMILES string of the molecule is COCCCNCc1ncnn1CC(C)C. The maximum Gasteiger partial charge on any atom is 0.140 e. The summed E-state index contributed by atoms with van der Waals surface area (Å²) in [5, 5.41) is 7.55. The fraction of sp³-hybridized carbons (Fsp3) is 0.818. The van der Waals surface area contributed by atoms with Crippen LogP contribution in [0, 0.1) is 5.92 Å². The zero-order valence-electron chi connectivity index (χ0n) is 10.4. The molecule has 16 heavy (non-hydrogen) atoms. The zero-order chi connectivity index (χ0) is 11.8. The van der Waals surface area contributed by atoms with Gasteiger partial charge in [-0.1, -0.05) is 13.8 Å². The van der Waals surface area contributed by atoms with Crippen LogP contribution in [0.2, 0.25) is 0 Å². The number of aromatic nitrogens is 3. The van der Waals surface area contributed by atoms with Crippen LogP contribution in [-0.2, 0) is 17.8 Å². The van der Waals surface area contributed by atoms with Crippen molar-refractivity contribution in [3.05, 3.63) is 12.2 Å². The molecule has 0 spiro atoms. The van der Waals surface area contributed by atoms with Gasteiger partial charge < -0.3 is 10.1 Å². The first-order valence-corrected chi connectivity index (χ1v) is 5.80. The van der Waals surface area contributed by atoms with Crippen LogP contribution in [0.1, 0.15) is 26.1 Å². The number of methoxy groups -OCH3 is 1. The highest BCUT2D eigenvalue weighted by Gasteiger charge is 2.04. The smallest absolute Gasteiger partial charge is 0.140 e. The molecule has 0 fully saturated rings. The second kappa shape index (κ2) is 7.35. The molecule has 0 radical (unpaired) electrons. The van der Waals surface area contributed by atoms with Crippen LogP contribution in [-0.4, -0.2) is 35.0 Å². The molecule has 0 saturated carbocycles. The van der Waals surface area contributed by atoms with E-state index in [9.17, 15) is 0 Å². The van der Waals surface area contributed by atoms with E-state index in [1.807, 2.05) is 4.68 Å². The third-order valence-electron chi connectivity index (χ3n) is 2.22. The highest BCUT2D eigenvalue weighted by Crippen LogP contribution is 2.00. The number of rotatable bonds is 8. The topological polar surface area (TPSA) is 52.0 Å². The molecule has 1 aromatic heterocycles. The lowest BCUT2D eigenvalue weighted by molar-refractivity contribution is 0.194. The quantitative estimate of drug-likeness (QED) is 0.673. The van der Waals surface area contributed by atoms with Crippen molar-refractivity contribution < 1.29 is 4.74 Å². The monoisotopic (exact) mass is 226 g/mol. The van der Waals surface area contributed by atoms with Gasteiger partial charge in [0, 0.05) is 20.3 Å². The molecule has 1 N–H and O–H groups in total. The summed E-state index contributed by atoms with van der Waals surface area (Å²) in [4.78, 5) is 4.25. The van der Waals surface area contributed by atoms with Gasteiger partial charge in [0.1, 0.15) is 12.2 Å². The van der Waals surface area contributed by atoms with E-state index in [0.717, 1.165) is 38.5 Å². The van der Waals surface area contributed by atoms with Crippen LogP contribution >= 0.6 is 0 Å². The van der Waals surface area contributed by atoms with E-state index in [-0.39, 0.29) is 0 Å². The molecular formula is C11H22N4O. The number of nitrogens with one attached hydrogen (secondary N) is 1. The highest BCUT2D eigenvalue weighted by atomic mass is 16.5. The maximum atomic E-state index is 4.98. The molecule has 5 nitrogen and oxygen atoms in total. The van der Waals surface area contributed by atoms with Gasteiger partial charge in [-0.2, -0.15) is 5.10 Å². The lowest BCUT2D eigenvalue weighted by atomic mass is 10.2. The Bertz CT molecular complexity index is 285. The standard InChI is InChI=1S/C11H22N4O/c1-10(2)8-15-11(13-9-14-15)7-12-5-4-6-16-3/h9-10,12H,4-8H2,1-3H3. The molecule has 1 heterocycles. The van der Waals surface area contributed by atoms with Crippen LogP contribution in [0.3, 0.4) is 0 Å². The summed E-state index contributed by atoms with van der Waals surface area (Å²) in [6, 6.07) is 0. The Morgan fingerprint density at radius 3 is 3.00 bits per heavy atom. The molecule has 1 rings (SSSR count). The Kier molecular flexibility index (Phi) is 6.03. The first-order chi connectivity index (χ1) is 7.74.